The Labute approximate surface area is 182 Å². The van der Waals surface area contributed by atoms with Crippen molar-refractivity contribution in [2.75, 3.05) is 0 Å². The molecule has 1 nitrogen and oxygen atoms in total. The maximum atomic E-state index is 15.4. The van der Waals surface area contributed by atoms with Crippen molar-refractivity contribution >= 4 is 18.8 Å². The smallest absolute Gasteiger partial charge is 0.206 e. The van der Waals surface area contributed by atoms with Crippen molar-refractivity contribution in [3.05, 3.63) is 64.1 Å². The average Bonchev–Trinajstić information content (AvgIpc) is 2.69. The molecule has 0 aliphatic carbocycles. The van der Waals surface area contributed by atoms with Crippen LogP contribution < -0.4 is 4.57 Å². The topological polar surface area (TPSA) is 3.88 Å². The number of hydrogen-bond acceptors (Lipinski definition) is 0. The molecule has 0 unspecified atom stereocenters. The summed E-state index contributed by atoms with van der Waals surface area (Å²) in [6.45, 7) is 13.2. The lowest BCUT2D eigenvalue weighted by atomic mass is 9.89. The Morgan fingerprint density at radius 3 is 2.27 bits per heavy atom. The van der Waals surface area contributed by atoms with E-state index in [1.165, 1.54) is 35.9 Å². The van der Waals surface area contributed by atoms with Gasteiger partial charge in [0, 0.05) is 21.1 Å². The SMILES string of the molecule is Cc1cc(C)c(F)c(-c2c3ccc(C4CC[Si](C)(C)CC4)cc3cc(C)[n+]2C)c1C. The predicted octanol–water partition coefficient (Wildman–Crippen LogP) is 7.29. The van der Waals surface area contributed by atoms with E-state index in [1.807, 2.05) is 19.9 Å². The van der Waals surface area contributed by atoms with Crippen molar-refractivity contribution in [1.82, 2.24) is 0 Å². The van der Waals surface area contributed by atoms with Crippen molar-refractivity contribution in [3.8, 4) is 11.3 Å². The summed E-state index contributed by atoms with van der Waals surface area (Å²) >= 11 is 0. The molecule has 2 aromatic carbocycles. The van der Waals surface area contributed by atoms with Gasteiger partial charge in [-0.2, -0.15) is 4.57 Å². The second-order valence-electron chi connectivity index (χ2n) is 10.3. The van der Waals surface area contributed by atoms with E-state index in [9.17, 15) is 0 Å². The van der Waals surface area contributed by atoms with Gasteiger partial charge in [0.25, 0.3) is 0 Å². The molecule has 1 fully saturated rings. The molecule has 1 aromatic heterocycles. The van der Waals surface area contributed by atoms with Crippen LogP contribution in [0.1, 0.15) is 46.7 Å². The number of benzene rings is 2. The van der Waals surface area contributed by atoms with Crippen LogP contribution in [0.25, 0.3) is 22.0 Å². The molecular formula is C27H35FNSi+. The summed E-state index contributed by atoms with van der Waals surface area (Å²) in [7, 11) is 1.10. The molecular weight excluding hydrogens is 385 g/mol. The van der Waals surface area contributed by atoms with Crippen molar-refractivity contribution in [3.63, 3.8) is 0 Å². The Bertz CT molecular complexity index is 1110. The fourth-order valence-corrected chi connectivity index (χ4v) is 7.73. The van der Waals surface area contributed by atoms with Gasteiger partial charge in [-0.1, -0.05) is 43.4 Å². The molecule has 158 valence electrons. The summed E-state index contributed by atoms with van der Waals surface area (Å²) in [5.74, 6) is 0.580. The Morgan fingerprint density at radius 1 is 0.933 bits per heavy atom. The van der Waals surface area contributed by atoms with E-state index >= 15 is 4.39 Å². The molecule has 0 atom stereocenters. The van der Waals surface area contributed by atoms with Crippen LogP contribution in [0.5, 0.6) is 0 Å². The van der Waals surface area contributed by atoms with Gasteiger partial charge in [-0.25, -0.2) is 4.39 Å². The highest BCUT2D eigenvalue weighted by molar-refractivity contribution is 6.77. The molecule has 0 bridgehead atoms. The highest BCUT2D eigenvalue weighted by Gasteiger charge is 2.30. The van der Waals surface area contributed by atoms with Crippen LogP contribution in [0.15, 0.2) is 30.3 Å². The van der Waals surface area contributed by atoms with Crippen LogP contribution in [0, 0.1) is 33.5 Å². The lowest BCUT2D eigenvalue weighted by Crippen LogP contribution is -2.35. The third kappa shape index (κ3) is 3.62. The molecule has 1 saturated heterocycles. The molecule has 1 aliphatic rings. The summed E-state index contributed by atoms with van der Waals surface area (Å²) < 4.78 is 17.6. The summed E-state index contributed by atoms with van der Waals surface area (Å²) in [5.41, 5.74) is 7.26. The Kier molecular flexibility index (Phi) is 5.38. The fourth-order valence-electron chi connectivity index (χ4n) is 5.22. The highest BCUT2D eigenvalue weighted by Crippen LogP contribution is 2.40. The van der Waals surface area contributed by atoms with Crippen LogP contribution in [-0.2, 0) is 7.05 Å². The van der Waals surface area contributed by atoms with Crippen LogP contribution in [0.4, 0.5) is 4.39 Å². The zero-order valence-electron chi connectivity index (χ0n) is 19.6. The number of halogens is 1. The lowest BCUT2D eigenvalue weighted by Gasteiger charge is -2.33. The number of fused-ring (bicyclic) bond motifs is 1. The van der Waals surface area contributed by atoms with E-state index in [4.69, 9.17) is 0 Å². The fraction of sp³-hybridized carbons (Fsp3) is 0.444. The summed E-state index contributed by atoms with van der Waals surface area (Å²) in [6, 6.07) is 14.0. The summed E-state index contributed by atoms with van der Waals surface area (Å²) in [6.07, 6.45) is 2.64. The number of nitrogens with zero attached hydrogens (tertiary/aromatic N) is 1. The molecule has 4 rings (SSSR count). The zero-order chi connectivity index (χ0) is 21.8. The van der Waals surface area contributed by atoms with E-state index in [0.717, 1.165) is 33.5 Å². The van der Waals surface area contributed by atoms with Crippen molar-refractivity contribution in [2.24, 2.45) is 7.05 Å². The van der Waals surface area contributed by atoms with Gasteiger partial charge < -0.3 is 0 Å². The van der Waals surface area contributed by atoms with Crippen LogP contribution >= 0.6 is 0 Å². The molecule has 0 saturated carbocycles. The first-order valence-electron chi connectivity index (χ1n) is 11.3. The van der Waals surface area contributed by atoms with E-state index < -0.39 is 8.07 Å². The predicted molar refractivity (Wildman–Crippen MR) is 129 cm³/mol. The highest BCUT2D eigenvalue weighted by atomic mass is 28.3. The van der Waals surface area contributed by atoms with Crippen molar-refractivity contribution in [2.45, 2.75) is 71.6 Å². The van der Waals surface area contributed by atoms with Gasteiger partial charge in [-0.3, -0.25) is 0 Å². The number of aryl methyl sites for hydroxylation is 3. The lowest BCUT2D eigenvalue weighted by molar-refractivity contribution is -0.665. The van der Waals surface area contributed by atoms with Crippen LogP contribution in [0.2, 0.25) is 25.2 Å². The molecule has 3 heteroatoms. The molecule has 30 heavy (non-hydrogen) atoms. The monoisotopic (exact) mass is 420 g/mol. The second kappa shape index (κ2) is 7.60. The van der Waals surface area contributed by atoms with Gasteiger partial charge in [-0.05, 0) is 73.2 Å². The molecule has 0 amide bonds. The van der Waals surface area contributed by atoms with Gasteiger partial charge in [0.15, 0.2) is 5.69 Å². The standard InChI is InChI=1S/C27H35FNSi/c1-17-14-18(2)26(28)25(20(17)4)27-24-9-8-22(16-23(24)15-19(3)29(27)5)21-10-12-30(6,7)13-11-21/h8-9,14-16,21H,10-13H2,1-7H3/q+1. The van der Waals surface area contributed by atoms with Gasteiger partial charge in [0.2, 0.25) is 5.69 Å². The number of aromatic nitrogens is 1. The first-order chi connectivity index (χ1) is 14.1. The molecule has 0 radical (unpaired) electrons. The largest absolute Gasteiger partial charge is 0.223 e. The number of hydrogen-bond donors (Lipinski definition) is 0. The van der Waals surface area contributed by atoms with E-state index in [2.05, 4.69) is 62.8 Å². The third-order valence-electron chi connectivity index (χ3n) is 7.57. The van der Waals surface area contributed by atoms with Crippen molar-refractivity contribution in [1.29, 1.82) is 0 Å². The summed E-state index contributed by atoms with van der Waals surface area (Å²) in [5, 5.41) is 2.38. The van der Waals surface area contributed by atoms with Crippen molar-refractivity contribution < 1.29 is 8.96 Å². The average molecular weight is 421 g/mol. The Morgan fingerprint density at radius 2 is 1.60 bits per heavy atom. The van der Waals surface area contributed by atoms with Gasteiger partial charge >= 0.3 is 0 Å². The number of rotatable bonds is 2. The van der Waals surface area contributed by atoms with E-state index in [1.54, 1.807) is 0 Å². The normalized spacial score (nSPS) is 16.9. The Hall–Kier alpha value is -2.00. The first-order valence-corrected chi connectivity index (χ1v) is 14.7. The van der Waals surface area contributed by atoms with Gasteiger partial charge in [0.1, 0.15) is 12.9 Å². The van der Waals surface area contributed by atoms with Crippen LogP contribution in [0.3, 0.4) is 0 Å². The second-order valence-corrected chi connectivity index (χ2v) is 15.6. The minimum absolute atomic E-state index is 0.0934. The maximum Gasteiger partial charge on any atom is 0.223 e. The molecule has 3 aromatic rings. The minimum Gasteiger partial charge on any atom is -0.206 e. The molecule has 1 aliphatic heterocycles. The Balaban J connectivity index is 1.90. The quantitative estimate of drug-likeness (QED) is 0.303. The maximum absolute atomic E-state index is 15.4. The van der Waals surface area contributed by atoms with Gasteiger partial charge in [0.05, 0.1) is 10.9 Å². The van der Waals surface area contributed by atoms with Gasteiger partial charge in [-0.15, -0.1) is 0 Å². The molecule has 0 N–H and O–H groups in total. The van der Waals surface area contributed by atoms with Crippen LogP contribution in [-0.4, -0.2) is 8.07 Å². The zero-order valence-corrected chi connectivity index (χ0v) is 20.6. The molecule has 0 spiro atoms. The summed E-state index contributed by atoms with van der Waals surface area (Å²) in [4.78, 5) is 0. The van der Waals surface area contributed by atoms with E-state index in [0.29, 0.717) is 11.5 Å². The van der Waals surface area contributed by atoms with E-state index in [-0.39, 0.29) is 5.82 Å². The number of pyridine rings is 1. The minimum atomic E-state index is -0.957. The third-order valence-corrected chi connectivity index (χ3v) is 10.9. The first kappa shape index (κ1) is 21.2. The molecule has 2 heterocycles.